The van der Waals surface area contributed by atoms with Crippen LogP contribution in [-0.2, 0) is 6.54 Å². The van der Waals surface area contributed by atoms with E-state index in [0.29, 0.717) is 11.6 Å². The molecule has 0 atom stereocenters. The van der Waals surface area contributed by atoms with Crippen molar-refractivity contribution in [1.29, 1.82) is 0 Å². The van der Waals surface area contributed by atoms with Crippen molar-refractivity contribution < 1.29 is 4.79 Å². The molecule has 4 nitrogen and oxygen atoms in total. The van der Waals surface area contributed by atoms with Gasteiger partial charge in [-0.3, -0.25) is 4.79 Å². The number of nitrogens with zero attached hydrogens (tertiary/aromatic N) is 3. The topological polar surface area (TPSA) is 38.1 Å². The highest BCUT2D eigenvalue weighted by molar-refractivity contribution is 5.71. The maximum Gasteiger partial charge on any atom is 0.168 e. The summed E-state index contributed by atoms with van der Waals surface area (Å²) < 4.78 is 1.96. The van der Waals surface area contributed by atoms with E-state index in [2.05, 4.69) is 16.9 Å². The fourth-order valence-electron chi connectivity index (χ4n) is 2.10. The number of aromatic nitrogens is 2. The van der Waals surface area contributed by atoms with Crippen molar-refractivity contribution in [2.24, 2.45) is 5.92 Å². The van der Waals surface area contributed by atoms with E-state index < -0.39 is 0 Å². The molecule has 82 valence electrons. The number of imidazole rings is 1. The molecule has 0 saturated carbocycles. The van der Waals surface area contributed by atoms with Gasteiger partial charge in [0.25, 0.3) is 0 Å². The van der Waals surface area contributed by atoms with Gasteiger partial charge in [0.1, 0.15) is 5.69 Å². The van der Waals surface area contributed by atoms with Crippen LogP contribution in [0.3, 0.4) is 0 Å². The van der Waals surface area contributed by atoms with Crippen molar-refractivity contribution in [3.63, 3.8) is 0 Å². The lowest BCUT2D eigenvalue weighted by Gasteiger charge is -2.29. The second-order valence-corrected chi connectivity index (χ2v) is 4.34. The van der Waals surface area contributed by atoms with Crippen LogP contribution in [0.5, 0.6) is 0 Å². The van der Waals surface area contributed by atoms with Gasteiger partial charge in [0.05, 0.1) is 12.5 Å². The van der Waals surface area contributed by atoms with Crippen molar-refractivity contribution in [3.8, 4) is 0 Å². The van der Waals surface area contributed by atoms with Crippen LogP contribution < -0.4 is 0 Å². The average molecular weight is 207 g/mol. The van der Waals surface area contributed by atoms with Gasteiger partial charge in [-0.2, -0.15) is 0 Å². The molecule has 1 fully saturated rings. The minimum atomic E-state index is 0.689. The van der Waals surface area contributed by atoms with Crippen molar-refractivity contribution >= 4 is 6.29 Å². The molecule has 0 spiro atoms. The molecular weight excluding hydrogens is 190 g/mol. The summed E-state index contributed by atoms with van der Waals surface area (Å²) in [6, 6.07) is 0. The monoisotopic (exact) mass is 207 g/mol. The minimum Gasteiger partial charge on any atom is -0.328 e. The van der Waals surface area contributed by atoms with Gasteiger partial charge < -0.3 is 9.47 Å². The van der Waals surface area contributed by atoms with Gasteiger partial charge in [-0.15, -0.1) is 0 Å². The van der Waals surface area contributed by atoms with Crippen molar-refractivity contribution in [3.05, 3.63) is 18.2 Å². The molecule has 0 radical (unpaired) electrons. The Balaban J connectivity index is 1.94. The van der Waals surface area contributed by atoms with Crippen LogP contribution in [0.2, 0.25) is 0 Å². The second-order valence-electron chi connectivity index (χ2n) is 4.34. The van der Waals surface area contributed by atoms with Gasteiger partial charge in [0, 0.05) is 6.54 Å². The van der Waals surface area contributed by atoms with E-state index in [1.165, 1.54) is 12.8 Å². The van der Waals surface area contributed by atoms with Gasteiger partial charge in [0.2, 0.25) is 0 Å². The van der Waals surface area contributed by atoms with E-state index in [1.807, 2.05) is 4.57 Å². The molecule has 15 heavy (non-hydrogen) atoms. The third kappa shape index (κ3) is 2.45. The molecule has 0 bridgehead atoms. The Labute approximate surface area is 89.9 Å². The fraction of sp³-hybridized carbons (Fsp3) is 0.636. The van der Waals surface area contributed by atoms with E-state index in [0.717, 1.165) is 25.9 Å². The number of likely N-dealkylation sites (tertiary alicyclic amines) is 1. The summed E-state index contributed by atoms with van der Waals surface area (Å²) in [7, 11) is 2.16. The summed E-state index contributed by atoms with van der Waals surface area (Å²) in [5, 5.41) is 0. The summed E-state index contributed by atoms with van der Waals surface area (Å²) in [6.45, 7) is 3.26. The fourth-order valence-corrected chi connectivity index (χ4v) is 2.10. The SMILES string of the molecule is CN1CCC(Cn2cncc2C=O)CC1. The molecule has 0 aromatic carbocycles. The van der Waals surface area contributed by atoms with Crippen LogP contribution in [0, 0.1) is 5.92 Å². The second kappa shape index (κ2) is 4.57. The lowest BCUT2D eigenvalue weighted by atomic mass is 9.97. The third-order valence-corrected chi connectivity index (χ3v) is 3.16. The van der Waals surface area contributed by atoms with Crippen molar-refractivity contribution in [2.75, 3.05) is 20.1 Å². The number of carbonyl (C=O) groups is 1. The molecule has 0 unspecified atom stereocenters. The van der Waals surface area contributed by atoms with Crippen LogP contribution in [0.15, 0.2) is 12.5 Å². The lowest BCUT2D eigenvalue weighted by Crippen LogP contribution is -2.32. The van der Waals surface area contributed by atoms with Gasteiger partial charge in [-0.25, -0.2) is 4.98 Å². The highest BCUT2D eigenvalue weighted by atomic mass is 16.1. The normalized spacial score (nSPS) is 19.3. The largest absolute Gasteiger partial charge is 0.328 e. The molecule has 4 heteroatoms. The van der Waals surface area contributed by atoms with Crippen LogP contribution in [0.4, 0.5) is 0 Å². The minimum absolute atomic E-state index is 0.689. The smallest absolute Gasteiger partial charge is 0.168 e. The molecular formula is C11H17N3O. The number of hydrogen-bond donors (Lipinski definition) is 0. The molecule has 1 saturated heterocycles. The number of hydrogen-bond acceptors (Lipinski definition) is 3. The van der Waals surface area contributed by atoms with Gasteiger partial charge in [-0.1, -0.05) is 0 Å². The molecule has 1 aliphatic rings. The number of aldehydes is 1. The van der Waals surface area contributed by atoms with Gasteiger partial charge in [0.15, 0.2) is 6.29 Å². The molecule has 0 amide bonds. The quantitative estimate of drug-likeness (QED) is 0.695. The van der Waals surface area contributed by atoms with E-state index in [-0.39, 0.29) is 0 Å². The van der Waals surface area contributed by atoms with E-state index in [4.69, 9.17) is 0 Å². The Morgan fingerprint density at radius 2 is 2.27 bits per heavy atom. The Hall–Kier alpha value is -1.16. The van der Waals surface area contributed by atoms with E-state index in [1.54, 1.807) is 12.5 Å². The van der Waals surface area contributed by atoms with Crippen molar-refractivity contribution in [1.82, 2.24) is 14.5 Å². The molecule has 0 N–H and O–H groups in total. The molecule has 1 aromatic rings. The zero-order valence-electron chi connectivity index (χ0n) is 9.09. The predicted octanol–water partition coefficient (Wildman–Crippen LogP) is 1.04. The Bertz CT molecular complexity index is 326. The first-order chi connectivity index (χ1) is 7.29. The summed E-state index contributed by atoms with van der Waals surface area (Å²) in [6.07, 6.45) is 6.69. The van der Waals surface area contributed by atoms with Crippen LogP contribution in [0.25, 0.3) is 0 Å². The highest BCUT2D eigenvalue weighted by Crippen LogP contribution is 2.18. The maximum atomic E-state index is 10.7. The van der Waals surface area contributed by atoms with Crippen molar-refractivity contribution in [2.45, 2.75) is 19.4 Å². The van der Waals surface area contributed by atoms with E-state index >= 15 is 0 Å². The summed E-state index contributed by atoms with van der Waals surface area (Å²) in [5.74, 6) is 0.689. The van der Waals surface area contributed by atoms with Crippen LogP contribution in [0.1, 0.15) is 23.3 Å². The number of carbonyl (C=O) groups excluding carboxylic acids is 1. The zero-order chi connectivity index (χ0) is 10.7. The predicted molar refractivity (Wildman–Crippen MR) is 57.8 cm³/mol. The van der Waals surface area contributed by atoms with Crippen LogP contribution >= 0.6 is 0 Å². The lowest BCUT2D eigenvalue weighted by molar-refractivity contribution is 0.111. The number of piperidine rings is 1. The molecule has 2 heterocycles. The first-order valence-electron chi connectivity index (χ1n) is 5.43. The first kappa shape index (κ1) is 10.4. The molecule has 2 rings (SSSR count). The summed E-state index contributed by atoms with van der Waals surface area (Å²) >= 11 is 0. The van der Waals surface area contributed by atoms with Gasteiger partial charge in [-0.05, 0) is 38.9 Å². The molecule has 1 aliphatic heterocycles. The highest BCUT2D eigenvalue weighted by Gasteiger charge is 2.17. The van der Waals surface area contributed by atoms with Gasteiger partial charge >= 0.3 is 0 Å². The molecule has 0 aliphatic carbocycles. The standard InChI is InChI=1S/C11H17N3O/c1-13-4-2-10(3-5-13)7-14-9-12-6-11(14)8-15/h6,8-10H,2-5,7H2,1H3. The Morgan fingerprint density at radius 3 is 2.93 bits per heavy atom. The molecule has 1 aromatic heterocycles. The zero-order valence-corrected chi connectivity index (χ0v) is 9.09. The maximum absolute atomic E-state index is 10.7. The first-order valence-corrected chi connectivity index (χ1v) is 5.43. The Kier molecular flexibility index (Phi) is 3.16. The number of rotatable bonds is 3. The average Bonchev–Trinajstić information content (AvgIpc) is 2.69. The van der Waals surface area contributed by atoms with Crippen LogP contribution in [-0.4, -0.2) is 40.9 Å². The van der Waals surface area contributed by atoms with E-state index in [9.17, 15) is 4.79 Å². The third-order valence-electron chi connectivity index (χ3n) is 3.16. The summed E-state index contributed by atoms with van der Waals surface area (Å²) in [4.78, 5) is 17.1. The summed E-state index contributed by atoms with van der Waals surface area (Å²) in [5.41, 5.74) is 0.689. The Morgan fingerprint density at radius 1 is 1.53 bits per heavy atom.